The highest BCUT2D eigenvalue weighted by molar-refractivity contribution is 9.10. The van der Waals surface area contributed by atoms with Gasteiger partial charge in [-0.05, 0) is 36.8 Å². The van der Waals surface area contributed by atoms with Gasteiger partial charge in [-0.2, -0.15) is 0 Å². The van der Waals surface area contributed by atoms with Gasteiger partial charge in [-0.1, -0.05) is 22.0 Å². The second-order valence-electron chi connectivity index (χ2n) is 4.18. The van der Waals surface area contributed by atoms with Crippen molar-refractivity contribution >= 4 is 48.3 Å². The quantitative estimate of drug-likeness (QED) is 0.813. The van der Waals surface area contributed by atoms with Crippen LogP contribution in [0.15, 0.2) is 39.7 Å². The number of anilines is 1. The summed E-state index contributed by atoms with van der Waals surface area (Å²) in [6.45, 7) is 1.72. The summed E-state index contributed by atoms with van der Waals surface area (Å²) >= 11 is 4.27. The van der Waals surface area contributed by atoms with Crippen molar-refractivity contribution in [2.24, 2.45) is 0 Å². The van der Waals surface area contributed by atoms with Gasteiger partial charge >= 0.3 is 5.97 Å². The van der Waals surface area contributed by atoms with Crippen LogP contribution in [-0.2, 0) is 14.8 Å². The van der Waals surface area contributed by atoms with Crippen LogP contribution in [0, 0.1) is 6.92 Å². The molecule has 8 heteroatoms. The van der Waals surface area contributed by atoms with Crippen molar-refractivity contribution in [3.63, 3.8) is 0 Å². The van der Waals surface area contributed by atoms with Gasteiger partial charge in [-0.15, -0.1) is 11.3 Å². The van der Waals surface area contributed by atoms with Crippen molar-refractivity contribution in [2.75, 3.05) is 11.8 Å². The van der Waals surface area contributed by atoms with Crippen molar-refractivity contribution in [1.82, 2.24) is 0 Å². The summed E-state index contributed by atoms with van der Waals surface area (Å²) in [6, 6.07) is 7.98. The Balaban J connectivity index is 2.31. The average molecular weight is 390 g/mol. The number of hydrogen-bond donors (Lipinski definition) is 1. The summed E-state index contributed by atoms with van der Waals surface area (Å²) in [5.41, 5.74) is 0.666. The third-order valence-corrected chi connectivity index (χ3v) is 5.75. The molecule has 2 aromatic rings. The van der Waals surface area contributed by atoms with Crippen molar-refractivity contribution in [1.29, 1.82) is 0 Å². The number of thiophene rings is 1. The summed E-state index contributed by atoms with van der Waals surface area (Å²) in [4.78, 5) is 12.1. The molecule has 21 heavy (non-hydrogen) atoms. The van der Waals surface area contributed by atoms with Crippen molar-refractivity contribution in [3.8, 4) is 0 Å². The Bertz CT molecular complexity index is 783. The predicted octanol–water partition coefficient (Wildman–Crippen LogP) is 3.41. The van der Waals surface area contributed by atoms with E-state index in [9.17, 15) is 13.2 Å². The van der Waals surface area contributed by atoms with Crippen LogP contribution in [0.2, 0.25) is 0 Å². The van der Waals surface area contributed by atoms with Gasteiger partial charge in [0.05, 0.1) is 12.0 Å². The summed E-state index contributed by atoms with van der Waals surface area (Å²) in [7, 11) is -2.41. The maximum atomic E-state index is 12.3. The van der Waals surface area contributed by atoms with Crippen molar-refractivity contribution < 1.29 is 17.9 Å². The number of benzene rings is 1. The number of nitrogens with one attached hydrogen (secondary N) is 1. The molecule has 1 N–H and O–H groups in total. The fraction of sp³-hybridized carbons (Fsp3) is 0.154. The number of rotatable bonds is 4. The highest BCUT2D eigenvalue weighted by atomic mass is 79.9. The molecule has 1 aromatic carbocycles. The lowest BCUT2D eigenvalue weighted by Gasteiger charge is -2.06. The maximum Gasteiger partial charge on any atom is 0.348 e. The minimum Gasteiger partial charge on any atom is -0.465 e. The smallest absolute Gasteiger partial charge is 0.348 e. The van der Waals surface area contributed by atoms with E-state index < -0.39 is 16.0 Å². The van der Waals surface area contributed by atoms with E-state index in [1.54, 1.807) is 25.1 Å². The van der Waals surface area contributed by atoms with Gasteiger partial charge in [0, 0.05) is 4.47 Å². The van der Waals surface area contributed by atoms with E-state index in [0.29, 0.717) is 19.9 Å². The predicted molar refractivity (Wildman–Crippen MR) is 85.3 cm³/mol. The molecule has 5 nitrogen and oxygen atoms in total. The van der Waals surface area contributed by atoms with E-state index in [2.05, 4.69) is 25.4 Å². The van der Waals surface area contributed by atoms with E-state index in [4.69, 9.17) is 0 Å². The molecule has 2 rings (SSSR count). The highest BCUT2D eigenvalue weighted by Crippen LogP contribution is 2.29. The lowest BCUT2D eigenvalue weighted by molar-refractivity contribution is 0.0605. The second-order valence-corrected chi connectivity index (χ2v) is 7.83. The molecule has 0 amide bonds. The molecule has 0 atom stereocenters. The number of sulfonamides is 1. The molecule has 0 fully saturated rings. The zero-order chi connectivity index (χ0) is 15.6. The van der Waals surface area contributed by atoms with Crippen molar-refractivity contribution in [3.05, 3.63) is 45.2 Å². The molecule has 0 radical (unpaired) electrons. The number of esters is 1. The zero-order valence-corrected chi connectivity index (χ0v) is 14.4. The Kier molecular flexibility index (Phi) is 4.70. The van der Waals surface area contributed by atoms with Crippen LogP contribution in [0.3, 0.4) is 0 Å². The van der Waals surface area contributed by atoms with Crippen LogP contribution in [0.25, 0.3) is 0 Å². The van der Waals surface area contributed by atoms with Gasteiger partial charge in [-0.3, -0.25) is 4.72 Å². The Morgan fingerprint density at radius 1 is 1.33 bits per heavy atom. The monoisotopic (exact) mass is 389 g/mol. The largest absolute Gasteiger partial charge is 0.465 e. The highest BCUT2D eigenvalue weighted by Gasteiger charge is 2.19. The van der Waals surface area contributed by atoms with Gasteiger partial charge in [0.25, 0.3) is 10.0 Å². The normalized spacial score (nSPS) is 11.2. The zero-order valence-electron chi connectivity index (χ0n) is 11.2. The first kappa shape index (κ1) is 16.0. The fourth-order valence-corrected chi connectivity index (χ4v) is 4.52. The minimum absolute atomic E-state index is 0.141. The molecule has 1 heterocycles. The maximum absolute atomic E-state index is 12.3. The van der Waals surface area contributed by atoms with E-state index in [1.165, 1.54) is 19.2 Å². The summed E-state index contributed by atoms with van der Waals surface area (Å²) in [5.74, 6) is -0.481. The molecule has 0 unspecified atom stereocenters. The number of carbonyl (C=O) groups excluding carboxylic acids is 1. The topological polar surface area (TPSA) is 72.5 Å². The number of halogens is 1. The Hall–Kier alpha value is -1.38. The molecule has 0 spiro atoms. The van der Waals surface area contributed by atoms with Crippen LogP contribution < -0.4 is 4.72 Å². The number of methoxy groups -OCH3 is 1. The molecule has 0 bridgehead atoms. The van der Waals surface area contributed by atoms with Crippen LogP contribution in [-0.4, -0.2) is 21.5 Å². The van der Waals surface area contributed by atoms with Gasteiger partial charge < -0.3 is 4.74 Å². The first-order valence-electron chi connectivity index (χ1n) is 5.80. The molecular weight excluding hydrogens is 378 g/mol. The average Bonchev–Trinajstić information content (AvgIpc) is 2.78. The summed E-state index contributed by atoms with van der Waals surface area (Å²) < 4.78 is 32.3. The molecule has 0 saturated carbocycles. The Morgan fingerprint density at radius 2 is 2.05 bits per heavy atom. The first-order valence-corrected chi connectivity index (χ1v) is 8.90. The van der Waals surface area contributed by atoms with E-state index >= 15 is 0 Å². The molecule has 0 aliphatic carbocycles. The molecule has 0 aliphatic heterocycles. The second kappa shape index (κ2) is 6.17. The molecule has 0 aliphatic rings. The number of ether oxygens (including phenoxy) is 1. The number of aryl methyl sites for hydroxylation is 1. The van der Waals surface area contributed by atoms with E-state index in [0.717, 1.165) is 11.3 Å². The van der Waals surface area contributed by atoms with Crippen LogP contribution in [0.1, 0.15) is 15.2 Å². The lowest BCUT2D eigenvalue weighted by atomic mass is 10.3. The molecular formula is C13H12BrNO4S2. The molecule has 112 valence electrons. The van der Waals surface area contributed by atoms with Gasteiger partial charge in [0.1, 0.15) is 9.88 Å². The van der Waals surface area contributed by atoms with Gasteiger partial charge in [-0.25, -0.2) is 13.2 Å². The lowest BCUT2D eigenvalue weighted by Crippen LogP contribution is -2.11. The van der Waals surface area contributed by atoms with E-state index in [-0.39, 0.29) is 4.90 Å². The first-order chi connectivity index (χ1) is 9.83. The third kappa shape index (κ3) is 3.63. The Morgan fingerprint density at radius 3 is 2.67 bits per heavy atom. The van der Waals surface area contributed by atoms with Crippen LogP contribution in [0.4, 0.5) is 5.00 Å². The molecule has 0 saturated heterocycles. The standard InChI is InChI=1S/C13H12BrNO4S2/c1-8-6-11(20-12(8)13(16)19-2)15-21(17,18)10-5-3-4-9(14)7-10/h3-7,15H,1-2H3. The van der Waals surface area contributed by atoms with Gasteiger partial charge in [0.2, 0.25) is 0 Å². The number of hydrogen-bond acceptors (Lipinski definition) is 5. The van der Waals surface area contributed by atoms with Crippen LogP contribution in [0.5, 0.6) is 0 Å². The minimum atomic E-state index is -3.69. The molecule has 1 aromatic heterocycles. The van der Waals surface area contributed by atoms with Gasteiger partial charge in [0.15, 0.2) is 0 Å². The third-order valence-electron chi connectivity index (χ3n) is 2.63. The SMILES string of the molecule is COC(=O)c1sc(NS(=O)(=O)c2cccc(Br)c2)cc1C. The van der Waals surface area contributed by atoms with Crippen LogP contribution >= 0.6 is 27.3 Å². The Labute approximate surface area is 135 Å². The fourth-order valence-electron chi connectivity index (χ4n) is 1.65. The summed E-state index contributed by atoms with van der Waals surface area (Å²) in [5, 5.41) is 0.368. The van der Waals surface area contributed by atoms with E-state index in [1.807, 2.05) is 0 Å². The number of carbonyl (C=O) groups is 1. The summed E-state index contributed by atoms with van der Waals surface area (Å²) in [6.07, 6.45) is 0. The van der Waals surface area contributed by atoms with Crippen molar-refractivity contribution in [2.45, 2.75) is 11.8 Å².